The van der Waals surface area contributed by atoms with Gasteiger partial charge in [0.2, 0.25) is 5.91 Å². The minimum absolute atomic E-state index is 0.0810. The molecule has 0 unspecified atom stereocenters. The van der Waals surface area contributed by atoms with Crippen molar-refractivity contribution in [2.45, 2.75) is 38.6 Å². The molecule has 2 N–H and O–H groups in total. The molecule has 6 heteroatoms. The van der Waals surface area contributed by atoms with Gasteiger partial charge in [-0.2, -0.15) is 0 Å². The molecule has 1 amide bonds. The number of carbonyl (C=O) groups is 1. The second kappa shape index (κ2) is 6.70. The first-order valence-electron chi connectivity index (χ1n) is 7.65. The summed E-state index contributed by atoms with van der Waals surface area (Å²) < 4.78 is 2.15. The smallest absolute Gasteiger partial charge is 0.231 e. The number of hydrogen-bond donors (Lipinski definition) is 2. The number of aryl methyl sites for hydroxylation is 2. The van der Waals surface area contributed by atoms with Crippen molar-refractivity contribution < 1.29 is 9.90 Å². The second-order valence-corrected chi connectivity index (χ2v) is 5.55. The molecule has 0 saturated carbocycles. The summed E-state index contributed by atoms with van der Waals surface area (Å²) >= 11 is 0. The molecule has 0 aromatic carbocycles. The number of aliphatic hydroxyl groups is 1. The highest BCUT2D eigenvalue weighted by Crippen LogP contribution is 2.15. The van der Waals surface area contributed by atoms with Crippen LogP contribution in [0, 0.1) is 0 Å². The van der Waals surface area contributed by atoms with Crippen LogP contribution in [0.2, 0.25) is 0 Å². The molecule has 0 aliphatic carbocycles. The molecule has 3 heterocycles. The van der Waals surface area contributed by atoms with E-state index in [0.29, 0.717) is 12.2 Å². The third-order valence-electron chi connectivity index (χ3n) is 3.79. The van der Waals surface area contributed by atoms with Crippen LogP contribution in [-0.2, 0) is 30.6 Å². The van der Waals surface area contributed by atoms with Gasteiger partial charge < -0.3 is 15.0 Å². The van der Waals surface area contributed by atoms with E-state index in [1.54, 1.807) is 12.3 Å². The Kier molecular flexibility index (Phi) is 4.48. The molecule has 0 radical (unpaired) electrons. The van der Waals surface area contributed by atoms with Crippen LogP contribution >= 0.6 is 0 Å². The van der Waals surface area contributed by atoms with Gasteiger partial charge in [0.15, 0.2) is 0 Å². The Morgan fingerprint density at radius 3 is 3.14 bits per heavy atom. The maximum atomic E-state index is 12.1. The predicted molar refractivity (Wildman–Crippen MR) is 82.5 cm³/mol. The summed E-state index contributed by atoms with van der Waals surface area (Å²) in [6, 6.07) is 3.61. The summed E-state index contributed by atoms with van der Waals surface area (Å²) in [5, 5.41) is 11.7. The molecule has 22 heavy (non-hydrogen) atoms. The molecule has 1 aliphatic heterocycles. The number of nitrogens with one attached hydrogen (secondary N) is 1. The quantitative estimate of drug-likeness (QED) is 0.873. The predicted octanol–water partition coefficient (Wildman–Crippen LogP) is 1.33. The van der Waals surface area contributed by atoms with E-state index in [4.69, 9.17) is 5.11 Å². The summed E-state index contributed by atoms with van der Waals surface area (Å²) in [6.07, 6.45) is 7.76. The zero-order valence-corrected chi connectivity index (χ0v) is 12.5. The van der Waals surface area contributed by atoms with Gasteiger partial charge in [0.05, 0.1) is 12.1 Å². The number of hydrogen-bond acceptors (Lipinski definition) is 4. The SMILES string of the molecule is O=C(Cc1cn2c(n1)CCCC2)Nc1cc(CCO)ccn1. The fourth-order valence-electron chi connectivity index (χ4n) is 2.74. The van der Waals surface area contributed by atoms with E-state index in [0.717, 1.165) is 30.0 Å². The highest BCUT2D eigenvalue weighted by Gasteiger charge is 2.14. The molecule has 1 aliphatic rings. The third kappa shape index (κ3) is 3.51. The van der Waals surface area contributed by atoms with Crippen LogP contribution in [-0.4, -0.2) is 32.2 Å². The van der Waals surface area contributed by atoms with Gasteiger partial charge in [-0.15, -0.1) is 0 Å². The summed E-state index contributed by atoms with van der Waals surface area (Å²) in [4.78, 5) is 20.8. The zero-order valence-electron chi connectivity index (χ0n) is 12.5. The molecule has 0 atom stereocenters. The van der Waals surface area contributed by atoms with E-state index in [1.807, 2.05) is 12.3 Å². The first kappa shape index (κ1) is 14.7. The minimum Gasteiger partial charge on any atom is -0.396 e. The molecule has 3 rings (SSSR count). The van der Waals surface area contributed by atoms with E-state index >= 15 is 0 Å². The van der Waals surface area contributed by atoms with Crippen molar-refractivity contribution in [3.05, 3.63) is 41.6 Å². The normalized spacial score (nSPS) is 13.7. The zero-order chi connectivity index (χ0) is 15.4. The maximum Gasteiger partial charge on any atom is 0.231 e. The maximum absolute atomic E-state index is 12.1. The Balaban J connectivity index is 1.62. The molecule has 2 aromatic rings. The summed E-state index contributed by atoms with van der Waals surface area (Å²) in [5.41, 5.74) is 1.76. The second-order valence-electron chi connectivity index (χ2n) is 5.55. The van der Waals surface area contributed by atoms with Gasteiger partial charge in [-0.1, -0.05) is 0 Å². The monoisotopic (exact) mass is 300 g/mol. The van der Waals surface area contributed by atoms with Crippen LogP contribution in [0.15, 0.2) is 24.5 Å². The van der Waals surface area contributed by atoms with E-state index in [1.165, 1.54) is 12.8 Å². The van der Waals surface area contributed by atoms with Gasteiger partial charge >= 0.3 is 0 Å². The number of aliphatic hydroxyl groups excluding tert-OH is 1. The first-order valence-corrected chi connectivity index (χ1v) is 7.65. The van der Waals surface area contributed by atoms with Crippen molar-refractivity contribution >= 4 is 11.7 Å². The molecule has 0 fully saturated rings. The Bertz CT molecular complexity index is 642. The summed E-state index contributed by atoms with van der Waals surface area (Å²) in [7, 11) is 0. The molecule has 6 nitrogen and oxygen atoms in total. The average molecular weight is 300 g/mol. The highest BCUT2D eigenvalue weighted by molar-refractivity contribution is 5.91. The number of amides is 1. The van der Waals surface area contributed by atoms with Crippen LogP contribution in [0.5, 0.6) is 0 Å². The standard InChI is InChI=1S/C16H20N4O2/c21-8-5-12-4-6-17-14(9-12)19-16(22)10-13-11-20-7-2-1-3-15(20)18-13/h4,6,9,11,21H,1-3,5,7-8,10H2,(H,17,19,22). The Labute approximate surface area is 129 Å². The van der Waals surface area contributed by atoms with Crippen molar-refractivity contribution in [2.24, 2.45) is 0 Å². The summed E-state index contributed by atoms with van der Waals surface area (Å²) in [6.45, 7) is 1.08. The van der Waals surface area contributed by atoms with Crippen LogP contribution in [0.4, 0.5) is 5.82 Å². The van der Waals surface area contributed by atoms with Crippen molar-refractivity contribution in [1.29, 1.82) is 0 Å². The van der Waals surface area contributed by atoms with Crippen molar-refractivity contribution in [1.82, 2.24) is 14.5 Å². The Morgan fingerprint density at radius 1 is 1.41 bits per heavy atom. The van der Waals surface area contributed by atoms with Crippen LogP contribution in [0.3, 0.4) is 0 Å². The number of nitrogens with zero attached hydrogens (tertiary/aromatic N) is 3. The fraction of sp³-hybridized carbons (Fsp3) is 0.438. The molecular weight excluding hydrogens is 280 g/mol. The number of anilines is 1. The van der Waals surface area contributed by atoms with Gasteiger partial charge in [0.25, 0.3) is 0 Å². The van der Waals surface area contributed by atoms with Crippen molar-refractivity contribution in [3.63, 3.8) is 0 Å². The van der Waals surface area contributed by atoms with Gasteiger partial charge in [-0.25, -0.2) is 9.97 Å². The number of aromatic nitrogens is 3. The van der Waals surface area contributed by atoms with Crippen LogP contribution in [0.25, 0.3) is 0 Å². The van der Waals surface area contributed by atoms with Crippen LogP contribution < -0.4 is 5.32 Å². The Morgan fingerprint density at radius 2 is 2.32 bits per heavy atom. The molecular formula is C16H20N4O2. The van der Waals surface area contributed by atoms with E-state index in [-0.39, 0.29) is 18.9 Å². The van der Waals surface area contributed by atoms with E-state index in [9.17, 15) is 4.79 Å². The lowest BCUT2D eigenvalue weighted by atomic mass is 10.2. The minimum atomic E-state index is -0.121. The lowest BCUT2D eigenvalue weighted by Gasteiger charge is -2.11. The van der Waals surface area contributed by atoms with Crippen molar-refractivity contribution in [3.8, 4) is 0 Å². The third-order valence-corrected chi connectivity index (χ3v) is 3.79. The number of fused-ring (bicyclic) bond motifs is 1. The average Bonchev–Trinajstić information content (AvgIpc) is 2.89. The van der Waals surface area contributed by atoms with Gasteiger partial charge in [-0.3, -0.25) is 4.79 Å². The van der Waals surface area contributed by atoms with Crippen LogP contribution in [0.1, 0.15) is 29.9 Å². The lowest BCUT2D eigenvalue weighted by molar-refractivity contribution is -0.115. The van der Waals surface area contributed by atoms with E-state index in [2.05, 4.69) is 19.9 Å². The lowest BCUT2D eigenvalue weighted by Crippen LogP contribution is -2.15. The molecule has 116 valence electrons. The van der Waals surface area contributed by atoms with Gasteiger partial charge in [-0.05, 0) is 37.0 Å². The van der Waals surface area contributed by atoms with Crippen molar-refractivity contribution in [2.75, 3.05) is 11.9 Å². The largest absolute Gasteiger partial charge is 0.396 e. The molecule has 2 aromatic heterocycles. The van der Waals surface area contributed by atoms with Gasteiger partial charge in [0.1, 0.15) is 11.6 Å². The highest BCUT2D eigenvalue weighted by atomic mass is 16.3. The molecule has 0 bridgehead atoms. The fourth-order valence-corrected chi connectivity index (χ4v) is 2.74. The number of rotatable bonds is 5. The molecule has 0 saturated heterocycles. The summed E-state index contributed by atoms with van der Waals surface area (Å²) in [5.74, 6) is 1.47. The van der Waals surface area contributed by atoms with E-state index < -0.39 is 0 Å². The Hall–Kier alpha value is -2.21. The number of carbonyl (C=O) groups excluding carboxylic acids is 1. The molecule has 0 spiro atoms. The topological polar surface area (TPSA) is 80.0 Å². The number of pyridine rings is 1. The van der Waals surface area contributed by atoms with Gasteiger partial charge in [0, 0.05) is 32.0 Å². The first-order chi connectivity index (χ1) is 10.7. The number of imidazole rings is 1.